The lowest BCUT2D eigenvalue weighted by molar-refractivity contribution is 0.415. The van der Waals surface area contributed by atoms with Gasteiger partial charge in [-0.05, 0) is 40.8 Å². The first-order valence-corrected chi connectivity index (χ1v) is 5.82. The van der Waals surface area contributed by atoms with Crippen molar-refractivity contribution in [1.82, 2.24) is 0 Å². The second-order valence-electron chi connectivity index (χ2n) is 4.28. The average Bonchev–Trinajstić information content (AvgIpc) is 2.36. The van der Waals surface area contributed by atoms with Gasteiger partial charge in [0.05, 0.1) is 7.11 Å². The molecular weight excluding hydrogens is 196 g/mol. The lowest BCUT2D eigenvalue weighted by atomic mass is 9.96. The third kappa shape index (κ3) is 2.04. The molecule has 0 aliphatic heterocycles. The van der Waals surface area contributed by atoms with Crippen LogP contribution in [-0.4, -0.2) is 7.11 Å². The van der Waals surface area contributed by atoms with E-state index >= 15 is 0 Å². The Morgan fingerprint density at radius 1 is 1.06 bits per heavy atom. The zero-order chi connectivity index (χ0) is 11.5. The van der Waals surface area contributed by atoms with E-state index in [1.807, 2.05) is 6.07 Å². The molecule has 0 bridgehead atoms. The minimum atomic E-state index is 0.631. The third-order valence-corrected chi connectivity index (χ3v) is 3.25. The number of hydrogen-bond acceptors (Lipinski definition) is 1. The van der Waals surface area contributed by atoms with Crippen LogP contribution >= 0.6 is 0 Å². The highest BCUT2D eigenvalue weighted by atomic mass is 16.5. The lowest BCUT2D eigenvalue weighted by Gasteiger charge is -2.10. The summed E-state index contributed by atoms with van der Waals surface area (Å²) in [6.07, 6.45) is 1.18. The molecule has 0 radical (unpaired) electrons. The van der Waals surface area contributed by atoms with E-state index in [4.69, 9.17) is 4.74 Å². The van der Waals surface area contributed by atoms with Crippen molar-refractivity contribution in [2.75, 3.05) is 7.11 Å². The van der Waals surface area contributed by atoms with E-state index in [0.717, 1.165) is 5.75 Å². The highest BCUT2D eigenvalue weighted by Gasteiger charge is 2.04. The van der Waals surface area contributed by atoms with Gasteiger partial charge < -0.3 is 4.74 Å². The van der Waals surface area contributed by atoms with Crippen molar-refractivity contribution < 1.29 is 4.74 Å². The van der Waals surface area contributed by atoms with Crippen LogP contribution in [0.2, 0.25) is 0 Å². The molecule has 2 aromatic rings. The zero-order valence-electron chi connectivity index (χ0n) is 10.2. The Morgan fingerprint density at radius 3 is 2.44 bits per heavy atom. The number of ether oxygens (including phenoxy) is 1. The van der Waals surface area contributed by atoms with Gasteiger partial charge >= 0.3 is 0 Å². The van der Waals surface area contributed by atoms with Gasteiger partial charge in [-0.2, -0.15) is 0 Å². The number of fused-ring (bicyclic) bond motifs is 1. The maximum absolute atomic E-state index is 5.22. The molecule has 1 heteroatoms. The van der Waals surface area contributed by atoms with Crippen molar-refractivity contribution in [1.29, 1.82) is 0 Å². The molecule has 2 rings (SSSR count). The smallest absolute Gasteiger partial charge is 0.119 e. The predicted molar refractivity (Wildman–Crippen MR) is 69.2 cm³/mol. The van der Waals surface area contributed by atoms with Gasteiger partial charge in [-0.3, -0.25) is 0 Å². The van der Waals surface area contributed by atoms with Crippen LogP contribution in [0, 0.1) is 0 Å². The molecule has 0 saturated heterocycles. The van der Waals surface area contributed by atoms with Gasteiger partial charge in [-0.25, -0.2) is 0 Å². The number of hydrogen-bond donors (Lipinski definition) is 0. The number of methoxy groups -OCH3 is 1. The van der Waals surface area contributed by atoms with Gasteiger partial charge in [0, 0.05) is 0 Å². The second kappa shape index (κ2) is 4.56. The molecule has 0 saturated carbocycles. The van der Waals surface area contributed by atoms with Crippen molar-refractivity contribution in [2.24, 2.45) is 0 Å². The first-order valence-electron chi connectivity index (χ1n) is 5.82. The molecule has 0 aromatic heterocycles. The monoisotopic (exact) mass is 214 g/mol. The molecule has 1 atom stereocenters. The summed E-state index contributed by atoms with van der Waals surface area (Å²) in [4.78, 5) is 0. The van der Waals surface area contributed by atoms with Crippen molar-refractivity contribution in [2.45, 2.75) is 26.2 Å². The molecule has 0 heterocycles. The van der Waals surface area contributed by atoms with E-state index in [1.54, 1.807) is 7.11 Å². The van der Waals surface area contributed by atoms with Crippen LogP contribution in [0.5, 0.6) is 5.75 Å². The van der Waals surface area contributed by atoms with Crippen LogP contribution in [0.3, 0.4) is 0 Å². The Bertz CT molecular complexity index is 488. The summed E-state index contributed by atoms with van der Waals surface area (Å²) in [6, 6.07) is 12.9. The van der Waals surface area contributed by atoms with Crippen molar-refractivity contribution in [3.63, 3.8) is 0 Å². The van der Waals surface area contributed by atoms with Crippen LogP contribution in [0.15, 0.2) is 36.4 Å². The van der Waals surface area contributed by atoms with Crippen molar-refractivity contribution in [3.8, 4) is 5.75 Å². The maximum Gasteiger partial charge on any atom is 0.119 e. The molecule has 1 nitrogen and oxygen atoms in total. The summed E-state index contributed by atoms with van der Waals surface area (Å²) in [7, 11) is 1.70. The molecule has 0 aliphatic carbocycles. The Balaban J connectivity index is 2.47. The Hall–Kier alpha value is -1.50. The lowest BCUT2D eigenvalue weighted by Crippen LogP contribution is -1.91. The van der Waals surface area contributed by atoms with Gasteiger partial charge in [0.1, 0.15) is 5.75 Å². The molecule has 0 aliphatic rings. The van der Waals surface area contributed by atoms with Crippen LogP contribution < -0.4 is 4.74 Å². The molecule has 2 aromatic carbocycles. The summed E-state index contributed by atoms with van der Waals surface area (Å²) in [5.74, 6) is 1.55. The topological polar surface area (TPSA) is 9.23 Å². The molecule has 0 unspecified atom stereocenters. The predicted octanol–water partition coefficient (Wildman–Crippen LogP) is 4.36. The first-order chi connectivity index (χ1) is 7.74. The fourth-order valence-corrected chi connectivity index (χ4v) is 1.91. The summed E-state index contributed by atoms with van der Waals surface area (Å²) in [6.45, 7) is 4.49. The van der Waals surface area contributed by atoms with E-state index in [-0.39, 0.29) is 0 Å². The van der Waals surface area contributed by atoms with E-state index in [0.29, 0.717) is 5.92 Å². The SMILES string of the molecule is CC[C@@H](C)c1ccc2cc(OC)ccc2c1. The fraction of sp³-hybridized carbons (Fsp3) is 0.333. The average molecular weight is 214 g/mol. The summed E-state index contributed by atoms with van der Waals surface area (Å²) < 4.78 is 5.22. The van der Waals surface area contributed by atoms with Gasteiger partial charge in [0.2, 0.25) is 0 Å². The fourth-order valence-electron chi connectivity index (χ4n) is 1.91. The molecule has 84 valence electrons. The Kier molecular flexibility index (Phi) is 3.14. The van der Waals surface area contributed by atoms with Crippen molar-refractivity contribution in [3.05, 3.63) is 42.0 Å². The quantitative estimate of drug-likeness (QED) is 0.737. The van der Waals surface area contributed by atoms with Crippen molar-refractivity contribution >= 4 is 10.8 Å². The molecule has 0 amide bonds. The van der Waals surface area contributed by atoms with Crippen LogP contribution in [-0.2, 0) is 0 Å². The van der Waals surface area contributed by atoms with Gasteiger partial charge in [0.25, 0.3) is 0 Å². The van der Waals surface area contributed by atoms with Gasteiger partial charge in [-0.15, -0.1) is 0 Å². The molecule has 0 N–H and O–H groups in total. The number of benzene rings is 2. The van der Waals surface area contributed by atoms with Crippen LogP contribution in [0.4, 0.5) is 0 Å². The van der Waals surface area contributed by atoms with E-state index in [2.05, 4.69) is 44.2 Å². The first kappa shape index (κ1) is 11.0. The summed E-state index contributed by atoms with van der Waals surface area (Å²) in [5.41, 5.74) is 1.42. The third-order valence-electron chi connectivity index (χ3n) is 3.25. The number of rotatable bonds is 3. The van der Waals surface area contributed by atoms with E-state index in [9.17, 15) is 0 Å². The molecule has 0 spiro atoms. The maximum atomic E-state index is 5.22. The highest BCUT2D eigenvalue weighted by molar-refractivity contribution is 5.84. The Labute approximate surface area is 97.1 Å². The normalized spacial score (nSPS) is 12.7. The minimum absolute atomic E-state index is 0.631. The van der Waals surface area contributed by atoms with E-state index < -0.39 is 0 Å². The van der Waals surface area contributed by atoms with Gasteiger partial charge in [0.15, 0.2) is 0 Å². The highest BCUT2D eigenvalue weighted by Crippen LogP contribution is 2.26. The molecule has 16 heavy (non-hydrogen) atoms. The summed E-state index contributed by atoms with van der Waals surface area (Å²) >= 11 is 0. The zero-order valence-corrected chi connectivity index (χ0v) is 10.2. The standard InChI is InChI=1S/C15H18O/c1-4-11(2)12-5-6-14-10-15(16-3)8-7-13(14)9-12/h5-11H,4H2,1-3H3/t11-/m1/s1. The molecule has 0 fully saturated rings. The van der Waals surface area contributed by atoms with E-state index in [1.165, 1.54) is 22.8 Å². The largest absolute Gasteiger partial charge is 0.497 e. The Morgan fingerprint density at radius 2 is 1.75 bits per heavy atom. The molecular formula is C15H18O. The summed E-state index contributed by atoms with van der Waals surface area (Å²) in [5, 5.41) is 2.53. The van der Waals surface area contributed by atoms with Crippen LogP contribution in [0.1, 0.15) is 31.7 Å². The second-order valence-corrected chi connectivity index (χ2v) is 4.28. The van der Waals surface area contributed by atoms with Crippen LogP contribution in [0.25, 0.3) is 10.8 Å². The van der Waals surface area contributed by atoms with Gasteiger partial charge in [-0.1, -0.05) is 38.1 Å². The minimum Gasteiger partial charge on any atom is -0.497 e.